The molecule has 5 nitrogen and oxygen atoms in total. The van der Waals surface area contributed by atoms with Crippen molar-refractivity contribution in [1.82, 2.24) is 5.32 Å². The monoisotopic (exact) mass is 337 g/mol. The highest BCUT2D eigenvalue weighted by atomic mass is 32.2. The molecule has 0 aliphatic carbocycles. The topological polar surface area (TPSA) is 82.0 Å². The maximum atomic E-state index is 12.2. The van der Waals surface area contributed by atoms with Crippen LogP contribution in [0.4, 0.5) is 5.69 Å². The number of anilines is 1. The van der Waals surface area contributed by atoms with Gasteiger partial charge in [-0.25, -0.2) is 0 Å². The van der Waals surface area contributed by atoms with E-state index < -0.39 is 0 Å². The van der Waals surface area contributed by atoms with E-state index in [9.17, 15) is 9.59 Å². The molecule has 1 atom stereocenters. The second kappa shape index (κ2) is 6.77. The van der Waals surface area contributed by atoms with Crippen molar-refractivity contribution < 1.29 is 9.59 Å². The molecule has 2 aromatic rings. The molecule has 0 bridgehead atoms. The number of rotatable bonds is 3. The third-order valence-electron chi connectivity index (χ3n) is 3.68. The molecular weight excluding hydrogens is 322 g/mol. The van der Waals surface area contributed by atoms with E-state index >= 15 is 0 Å². The Kier molecular flexibility index (Phi) is 4.54. The average molecular weight is 337 g/mol. The fraction of sp³-hybridized carbons (Fsp3) is 0.167. The van der Waals surface area contributed by atoms with Crippen LogP contribution in [0.25, 0.3) is 0 Å². The van der Waals surface area contributed by atoms with Crippen molar-refractivity contribution in [2.45, 2.75) is 23.6 Å². The summed E-state index contributed by atoms with van der Waals surface area (Å²) in [7, 11) is 0. The van der Waals surface area contributed by atoms with E-state index in [1.165, 1.54) is 11.8 Å². The first kappa shape index (κ1) is 16.1. The lowest BCUT2D eigenvalue weighted by atomic mass is 10.1. The van der Waals surface area contributed by atoms with Crippen LogP contribution in [0.1, 0.15) is 28.4 Å². The van der Waals surface area contributed by atoms with Crippen molar-refractivity contribution in [3.8, 4) is 6.07 Å². The molecule has 0 aromatic heterocycles. The Morgan fingerprint density at radius 1 is 1.33 bits per heavy atom. The molecule has 1 aliphatic heterocycles. The zero-order valence-corrected chi connectivity index (χ0v) is 13.8. The van der Waals surface area contributed by atoms with Gasteiger partial charge in [-0.2, -0.15) is 5.26 Å². The number of fused-ring (bicyclic) bond motifs is 1. The van der Waals surface area contributed by atoms with Gasteiger partial charge in [-0.15, -0.1) is 11.8 Å². The third-order valence-corrected chi connectivity index (χ3v) is 4.86. The van der Waals surface area contributed by atoms with Crippen LogP contribution in [-0.4, -0.2) is 17.1 Å². The van der Waals surface area contributed by atoms with Crippen LogP contribution in [0.15, 0.2) is 47.4 Å². The lowest BCUT2D eigenvalue weighted by Crippen LogP contribution is -2.27. The normalized spacial score (nSPS) is 15.8. The Morgan fingerprint density at radius 2 is 2.17 bits per heavy atom. The molecule has 2 amide bonds. The standard InChI is InChI=1S/C18H15N3O2S/c1-11-17(22)21-15-8-13(5-6-16(15)24-11)10-20-18(23)14-4-2-3-12(7-14)9-19/h2-8,11H,10H2,1H3,(H,20,23)(H,21,22). The van der Waals surface area contributed by atoms with Crippen molar-refractivity contribution in [3.05, 3.63) is 59.2 Å². The number of hydrogen-bond donors (Lipinski definition) is 2. The van der Waals surface area contributed by atoms with Crippen LogP contribution in [0, 0.1) is 11.3 Å². The maximum Gasteiger partial charge on any atom is 0.251 e. The minimum absolute atomic E-state index is 0.0120. The highest BCUT2D eigenvalue weighted by molar-refractivity contribution is 8.00. The van der Waals surface area contributed by atoms with E-state index in [4.69, 9.17) is 5.26 Å². The van der Waals surface area contributed by atoms with Gasteiger partial charge in [-0.3, -0.25) is 9.59 Å². The van der Waals surface area contributed by atoms with Crippen LogP contribution in [0.3, 0.4) is 0 Å². The third kappa shape index (κ3) is 3.42. The first-order valence-corrected chi connectivity index (χ1v) is 8.33. The first-order chi connectivity index (χ1) is 11.6. The van der Waals surface area contributed by atoms with Crippen molar-refractivity contribution in [2.75, 3.05) is 5.32 Å². The Labute approximate surface area is 144 Å². The summed E-state index contributed by atoms with van der Waals surface area (Å²) in [6.07, 6.45) is 0. The SMILES string of the molecule is CC1Sc2ccc(CNC(=O)c3cccc(C#N)c3)cc2NC1=O. The molecule has 0 saturated carbocycles. The summed E-state index contributed by atoms with van der Waals surface area (Å²) in [6, 6.07) is 14.3. The van der Waals surface area contributed by atoms with Crippen LogP contribution in [-0.2, 0) is 11.3 Å². The van der Waals surface area contributed by atoms with E-state index in [-0.39, 0.29) is 17.1 Å². The quantitative estimate of drug-likeness (QED) is 0.902. The van der Waals surface area contributed by atoms with E-state index in [0.717, 1.165) is 16.1 Å². The average Bonchev–Trinajstić information content (AvgIpc) is 2.60. The zero-order chi connectivity index (χ0) is 17.1. The number of carbonyl (C=O) groups excluding carboxylic acids is 2. The summed E-state index contributed by atoms with van der Waals surface area (Å²) < 4.78 is 0. The summed E-state index contributed by atoms with van der Waals surface area (Å²) in [6.45, 7) is 2.21. The molecule has 24 heavy (non-hydrogen) atoms. The Balaban J connectivity index is 1.69. The van der Waals surface area contributed by atoms with Crippen LogP contribution < -0.4 is 10.6 Å². The molecule has 120 valence electrons. The molecule has 1 heterocycles. The first-order valence-electron chi connectivity index (χ1n) is 7.45. The maximum absolute atomic E-state index is 12.2. The van der Waals surface area contributed by atoms with Crippen LogP contribution in [0.2, 0.25) is 0 Å². The fourth-order valence-electron chi connectivity index (χ4n) is 2.38. The number of nitrogens with one attached hydrogen (secondary N) is 2. The highest BCUT2D eigenvalue weighted by Gasteiger charge is 2.22. The van der Waals surface area contributed by atoms with Gasteiger partial charge in [0.05, 0.1) is 22.6 Å². The smallest absolute Gasteiger partial charge is 0.251 e. The molecule has 2 aromatic carbocycles. The second-order valence-electron chi connectivity index (χ2n) is 5.46. The van der Waals surface area contributed by atoms with Gasteiger partial charge in [0.25, 0.3) is 5.91 Å². The van der Waals surface area contributed by atoms with Crippen LogP contribution in [0.5, 0.6) is 0 Å². The molecular formula is C18H15N3O2S. The van der Waals surface area contributed by atoms with Crippen LogP contribution >= 0.6 is 11.8 Å². The van der Waals surface area contributed by atoms with Gasteiger partial charge in [0.2, 0.25) is 5.91 Å². The number of thioether (sulfide) groups is 1. The predicted molar refractivity (Wildman–Crippen MR) is 92.7 cm³/mol. The lowest BCUT2D eigenvalue weighted by molar-refractivity contribution is -0.115. The number of nitrogens with zero attached hydrogens (tertiary/aromatic N) is 1. The number of hydrogen-bond acceptors (Lipinski definition) is 4. The van der Waals surface area contributed by atoms with Crippen molar-refractivity contribution in [2.24, 2.45) is 0 Å². The van der Waals surface area contributed by atoms with Gasteiger partial charge in [0.15, 0.2) is 0 Å². The van der Waals surface area contributed by atoms with Crippen molar-refractivity contribution in [3.63, 3.8) is 0 Å². The van der Waals surface area contributed by atoms with Gasteiger partial charge in [-0.1, -0.05) is 12.1 Å². The van der Waals surface area contributed by atoms with Gasteiger partial charge in [0, 0.05) is 17.0 Å². The molecule has 1 unspecified atom stereocenters. The van der Waals surface area contributed by atoms with Gasteiger partial charge in [0.1, 0.15) is 0 Å². The van der Waals surface area contributed by atoms with Crippen molar-refractivity contribution >= 4 is 29.3 Å². The summed E-state index contributed by atoms with van der Waals surface area (Å²) >= 11 is 1.52. The number of nitriles is 1. The number of amides is 2. The molecule has 0 radical (unpaired) electrons. The van der Waals surface area contributed by atoms with E-state index in [0.29, 0.717) is 17.7 Å². The molecule has 6 heteroatoms. The summed E-state index contributed by atoms with van der Waals surface area (Å²) in [5, 5.41) is 14.5. The lowest BCUT2D eigenvalue weighted by Gasteiger charge is -2.22. The number of carbonyl (C=O) groups is 2. The number of benzene rings is 2. The minimum Gasteiger partial charge on any atom is -0.348 e. The summed E-state index contributed by atoms with van der Waals surface area (Å²) in [4.78, 5) is 25.0. The van der Waals surface area contributed by atoms with E-state index in [2.05, 4.69) is 10.6 Å². The van der Waals surface area contributed by atoms with Crippen molar-refractivity contribution in [1.29, 1.82) is 5.26 Å². The Hall–Kier alpha value is -2.78. The molecule has 2 N–H and O–H groups in total. The molecule has 0 spiro atoms. The largest absolute Gasteiger partial charge is 0.348 e. The summed E-state index contributed by atoms with van der Waals surface area (Å²) in [5.41, 5.74) is 2.57. The Morgan fingerprint density at radius 3 is 2.96 bits per heavy atom. The van der Waals surface area contributed by atoms with E-state index in [1.807, 2.05) is 31.2 Å². The van der Waals surface area contributed by atoms with Gasteiger partial charge < -0.3 is 10.6 Å². The highest BCUT2D eigenvalue weighted by Crippen LogP contribution is 2.35. The molecule has 0 saturated heterocycles. The molecule has 3 rings (SSSR count). The van der Waals surface area contributed by atoms with Gasteiger partial charge >= 0.3 is 0 Å². The fourth-order valence-corrected chi connectivity index (χ4v) is 3.31. The second-order valence-corrected chi connectivity index (χ2v) is 6.84. The molecule has 0 fully saturated rings. The van der Waals surface area contributed by atoms with Gasteiger partial charge in [-0.05, 0) is 42.8 Å². The zero-order valence-electron chi connectivity index (χ0n) is 13.0. The van der Waals surface area contributed by atoms with E-state index in [1.54, 1.807) is 24.3 Å². The molecule has 1 aliphatic rings. The summed E-state index contributed by atoms with van der Waals surface area (Å²) in [5.74, 6) is -0.251. The predicted octanol–water partition coefficient (Wildman–Crippen LogP) is 2.92. The Bertz CT molecular complexity index is 858. The minimum atomic E-state index is -0.239.